The highest BCUT2D eigenvalue weighted by Crippen LogP contribution is 2.44. The fraction of sp³-hybridized carbons (Fsp3) is 0.304. The van der Waals surface area contributed by atoms with Gasteiger partial charge in [0, 0.05) is 4.90 Å². The Kier molecular flexibility index (Phi) is 5.74. The minimum atomic E-state index is -0.429. The molecule has 29 heavy (non-hydrogen) atoms. The minimum absolute atomic E-state index is 0.0947. The number of nitrogens with one attached hydrogen (secondary N) is 1. The molecule has 1 fully saturated rings. The van der Waals surface area contributed by atoms with E-state index in [0.717, 1.165) is 34.4 Å². The van der Waals surface area contributed by atoms with Crippen molar-refractivity contribution in [3.63, 3.8) is 0 Å². The first kappa shape index (κ1) is 19.7. The second-order valence-electron chi connectivity index (χ2n) is 7.47. The van der Waals surface area contributed by atoms with E-state index in [2.05, 4.69) is 4.98 Å². The fourth-order valence-electron chi connectivity index (χ4n) is 3.41. The molecule has 1 N–H and O–H groups in total. The molecule has 0 atom stereocenters. The van der Waals surface area contributed by atoms with Crippen LogP contribution in [0.5, 0.6) is 0 Å². The van der Waals surface area contributed by atoms with Crippen molar-refractivity contribution in [2.75, 3.05) is 0 Å². The van der Waals surface area contributed by atoms with Crippen LogP contribution in [-0.4, -0.2) is 9.55 Å². The van der Waals surface area contributed by atoms with Gasteiger partial charge in [0.15, 0.2) is 0 Å². The van der Waals surface area contributed by atoms with E-state index in [1.54, 1.807) is 4.57 Å². The number of ether oxygens (including phenoxy) is 1. The SMILES string of the molecule is Cc1cccc(C)c1Sc1c(C2CC2)c(=O)[nH]c(=O)n1COCc1ccccc1. The number of aryl methyl sites for hydroxylation is 2. The normalized spacial score (nSPS) is 13.6. The molecule has 4 rings (SSSR count). The fourth-order valence-corrected chi connectivity index (χ4v) is 4.68. The summed E-state index contributed by atoms with van der Waals surface area (Å²) >= 11 is 1.50. The maximum Gasteiger partial charge on any atom is 0.331 e. The van der Waals surface area contributed by atoms with E-state index in [1.807, 2.05) is 62.4 Å². The Morgan fingerprint density at radius 2 is 1.72 bits per heavy atom. The van der Waals surface area contributed by atoms with Gasteiger partial charge in [0.25, 0.3) is 5.56 Å². The largest absolute Gasteiger partial charge is 0.356 e. The van der Waals surface area contributed by atoms with Crippen LogP contribution in [0.2, 0.25) is 0 Å². The molecule has 3 aromatic rings. The van der Waals surface area contributed by atoms with Gasteiger partial charge in [-0.25, -0.2) is 4.79 Å². The van der Waals surface area contributed by atoms with E-state index < -0.39 is 5.69 Å². The molecule has 1 aliphatic carbocycles. The quantitative estimate of drug-likeness (QED) is 0.590. The Morgan fingerprint density at radius 3 is 2.38 bits per heavy atom. The van der Waals surface area contributed by atoms with Crippen molar-refractivity contribution in [3.8, 4) is 0 Å². The molecule has 2 aromatic carbocycles. The Labute approximate surface area is 173 Å². The predicted octanol–water partition coefficient (Wildman–Crippen LogP) is 4.36. The molecule has 150 valence electrons. The summed E-state index contributed by atoms with van der Waals surface area (Å²) in [6.45, 7) is 4.59. The van der Waals surface area contributed by atoms with Crippen molar-refractivity contribution in [1.29, 1.82) is 0 Å². The smallest absolute Gasteiger partial charge is 0.331 e. The zero-order valence-corrected chi connectivity index (χ0v) is 17.4. The first-order valence-corrected chi connectivity index (χ1v) is 10.6. The van der Waals surface area contributed by atoms with Crippen LogP contribution in [0.3, 0.4) is 0 Å². The molecule has 5 nitrogen and oxygen atoms in total. The van der Waals surface area contributed by atoms with Crippen molar-refractivity contribution in [2.45, 2.75) is 55.9 Å². The molecule has 1 heterocycles. The summed E-state index contributed by atoms with van der Waals surface area (Å²) in [6.07, 6.45) is 1.96. The molecule has 1 aromatic heterocycles. The lowest BCUT2D eigenvalue weighted by atomic mass is 10.2. The number of H-pyrrole nitrogens is 1. The van der Waals surface area contributed by atoms with Crippen LogP contribution in [-0.2, 0) is 18.1 Å². The number of hydrogen-bond donors (Lipinski definition) is 1. The molecular weight excluding hydrogens is 384 g/mol. The van der Waals surface area contributed by atoms with Crippen molar-refractivity contribution in [1.82, 2.24) is 9.55 Å². The number of benzene rings is 2. The highest BCUT2D eigenvalue weighted by Gasteiger charge is 2.32. The summed E-state index contributed by atoms with van der Waals surface area (Å²) in [7, 11) is 0. The van der Waals surface area contributed by atoms with Gasteiger partial charge >= 0.3 is 5.69 Å². The maximum absolute atomic E-state index is 12.7. The number of nitrogens with zero attached hydrogens (tertiary/aromatic N) is 1. The highest BCUT2D eigenvalue weighted by atomic mass is 32.2. The minimum Gasteiger partial charge on any atom is -0.356 e. The molecule has 1 saturated carbocycles. The predicted molar refractivity (Wildman–Crippen MR) is 115 cm³/mol. The number of aromatic amines is 1. The molecule has 0 spiro atoms. The van der Waals surface area contributed by atoms with E-state index in [0.29, 0.717) is 17.2 Å². The molecular formula is C23H24N2O3S. The third kappa shape index (κ3) is 4.38. The molecule has 0 amide bonds. The van der Waals surface area contributed by atoms with Gasteiger partial charge in [-0.05, 0) is 49.3 Å². The van der Waals surface area contributed by atoms with E-state index in [1.165, 1.54) is 11.8 Å². The zero-order chi connectivity index (χ0) is 20.4. The molecule has 0 bridgehead atoms. The van der Waals surface area contributed by atoms with Gasteiger partial charge in [-0.15, -0.1) is 0 Å². The molecule has 0 saturated heterocycles. The van der Waals surface area contributed by atoms with Crippen LogP contribution in [0.25, 0.3) is 0 Å². The zero-order valence-electron chi connectivity index (χ0n) is 16.6. The summed E-state index contributed by atoms with van der Waals surface area (Å²) in [5.74, 6) is 0.214. The van der Waals surface area contributed by atoms with E-state index >= 15 is 0 Å². The average molecular weight is 409 g/mol. The van der Waals surface area contributed by atoms with Gasteiger partial charge in [-0.3, -0.25) is 14.3 Å². The highest BCUT2D eigenvalue weighted by molar-refractivity contribution is 7.99. The van der Waals surface area contributed by atoms with Crippen molar-refractivity contribution >= 4 is 11.8 Å². The lowest BCUT2D eigenvalue weighted by molar-refractivity contribution is 0.0550. The van der Waals surface area contributed by atoms with Crippen LogP contribution in [0, 0.1) is 13.8 Å². The summed E-state index contributed by atoms with van der Waals surface area (Å²) in [4.78, 5) is 28.9. The second-order valence-corrected chi connectivity index (χ2v) is 8.47. The average Bonchev–Trinajstić information content (AvgIpc) is 3.52. The molecule has 0 radical (unpaired) electrons. The summed E-state index contributed by atoms with van der Waals surface area (Å²) < 4.78 is 7.41. The number of aromatic nitrogens is 2. The Morgan fingerprint density at radius 1 is 1.03 bits per heavy atom. The lowest BCUT2D eigenvalue weighted by Crippen LogP contribution is -2.34. The Bertz CT molecular complexity index is 1110. The van der Waals surface area contributed by atoms with E-state index in [9.17, 15) is 9.59 Å². The van der Waals surface area contributed by atoms with Gasteiger partial charge in [0.2, 0.25) is 0 Å². The number of hydrogen-bond acceptors (Lipinski definition) is 4. The maximum atomic E-state index is 12.7. The van der Waals surface area contributed by atoms with E-state index in [4.69, 9.17) is 4.74 Å². The van der Waals surface area contributed by atoms with Crippen LogP contribution in [0.4, 0.5) is 0 Å². The van der Waals surface area contributed by atoms with Gasteiger partial charge in [0.1, 0.15) is 6.73 Å². The van der Waals surface area contributed by atoms with Gasteiger partial charge in [-0.1, -0.05) is 60.3 Å². The van der Waals surface area contributed by atoms with Gasteiger partial charge in [-0.2, -0.15) is 0 Å². The summed E-state index contributed by atoms with van der Waals surface area (Å²) in [5, 5.41) is 0.701. The Hall–Kier alpha value is -2.57. The molecule has 0 unspecified atom stereocenters. The van der Waals surface area contributed by atoms with Crippen LogP contribution >= 0.6 is 11.8 Å². The van der Waals surface area contributed by atoms with Crippen molar-refractivity contribution in [3.05, 3.63) is 91.6 Å². The second kappa shape index (κ2) is 8.43. The molecule has 1 aliphatic rings. The topological polar surface area (TPSA) is 64.1 Å². The van der Waals surface area contributed by atoms with Crippen LogP contribution in [0.1, 0.15) is 41.0 Å². The molecule has 0 aliphatic heterocycles. The lowest BCUT2D eigenvalue weighted by Gasteiger charge is -2.17. The van der Waals surface area contributed by atoms with Crippen molar-refractivity contribution < 1.29 is 4.74 Å². The summed E-state index contributed by atoms with van der Waals surface area (Å²) in [6, 6.07) is 16.0. The van der Waals surface area contributed by atoms with Crippen molar-refractivity contribution in [2.24, 2.45) is 0 Å². The molecule has 6 heteroatoms. The third-order valence-electron chi connectivity index (χ3n) is 5.11. The first-order chi connectivity index (χ1) is 14.0. The number of rotatable bonds is 7. The van der Waals surface area contributed by atoms with Gasteiger partial charge < -0.3 is 4.74 Å². The Balaban J connectivity index is 1.71. The standard InChI is InChI=1S/C23H24N2O3S/c1-15-7-6-8-16(2)20(15)29-22-19(18-11-12-18)21(26)24-23(27)25(22)14-28-13-17-9-4-3-5-10-17/h3-10,18H,11-14H2,1-2H3,(H,24,26,27). The third-order valence-corrected chi connectivity index (χ3v) is 6.59. The van der Waals surface area contributed by atoms with E-state index in [-0.39, 0.29) is 18.2 Å². The monoisotopic (exact) mass is 408 g/mol. The first-order valence-electron chi connectivity index (χ1n) is 9.77. The van der Waals surface area contributed by atoms with Gasteiger partial charge in [0.05, 0.1) is 17.2 Å². The summed E-state index contributed by atoms with van der Waals surface area (Å²) in [5.41, 5.74) is 3.30. The van der Waals surface area contributed by atoms with Crippen LogP contribution < -0.4 is 11.2 Å². The van der Waals surface area contributed by atoms with Crippen LogP contribution in [0.15, 0.2) is 68.0 Å².